The summed E-state index contributed by atoms with van der Waals surface area (Å²) in [4.78, 5) is 0. The molecule has 0 amide bonds. The van der Waals surface area contributed by atoms with Gasteiger partial charge in [-0.05, 0) is 0 Å². The number of rotatable bonds is 34. The SMILES string of the molecule is CCCCCCCCCC[O][Sn]([O][Sn]([O]CCCCCCCCCC)([C](F)(F)C(F)(F)CC(F)(F)F)[C](F)(F)C(F)(F)CC(F)(F)F)([C](F)(F)C(F)(F)CC(F)(F)F)[C](F)(F)C(F)(F)CC(F)(F)F. The van der Waals surface area contributed by atoms with Crippen LogP contribution in [0.25, 0.3) is 0 Å². The first-order valence-electron chi connectivity index (χ1n) is 20.9. The minimum absolute atomic E-state index is 0.00227. The van der Waals surface area contributed by atoms with Crippen molar-refractivity contribution < 1.29 is 130 Å². The number of hydrogen-bond acceptors (Lipinski definition) is 3. The molecule has 0 aromatic rings. The van der Waals surface area contributed by atoms with Crippen molar-refractivity contribution in [2.45, 2.75) is 206 Å². The van der Waals surface area contributed by atoms with Crippen LogP contribution in [0.2, 0.25) is 0 Å². The number of hydrogen-bond donors (Lipinski definition) is 0. The van der Waals surface area contributed by atoms with Gasteiger partial charge in [0.25, 0.3) is 0 Å². The zero-order chi connectivity index (χ0) is 54.7. The van der Waals surface area contributed by atoms with Gasteiger partial charge in [-0.15, -0.1) is 0 Å². The molecule has 0 saturated heterocycles. The average molecular weight is 1300 g/mol. The van der Waals surface area contributed by atoms with E-state index in [1.807, 2.05) is 0 Å². The van der Waals surface area contributed by atoms with Crippen LogP contribution in [-0.2, 0) is 7.56 Å². The van der Waals surface area contributed by atoms with Gasteiger partial charge in [-0.3, -0.25) is 0 Å². The fourth-order valence-corrected chi connectivity index (χ4v) is 42.7. The zero-order valence-electron chi connectivity index (χ0n) is 36.4. The number of halogens is 28. The van der Waals surface area contributed by atoms with E-state index in [1.165, 1.54) is 0 Å². The molecule has 0 bridgehead atoms. The van der Waals surface area contributed by atoms with E-state index in [4.69, 9.17) is 0 Å². The predicted molar refractivity (Wildman–Crippen MR) is 192 cm³/mol. The molecule has 69 heavy (non-hydrogen) atoms. The Labute approximate surface area is 387 Å². The Bertz CT molecular complexity index is 1310. The van der Waals surface area contributed by atoms with Gasteiger partial charge in [0, 0.05) is 0 Å². The third kappa shape index (κ3) is 18.4. The molecule has 416 valence electrons. The van der Waals surface area contributed by atoms with Crippen molar-refractivity contribution in [3.8, 4) is 0 Å². The average Bonchev–Trinajstić information content (AvgIpc) is 3.10. The van der Waals surface area contributed by atoms with Gasteiger partial charge in [0.05, 0.1) is 0 Å². The van der Waals surface area contributed by atoms with E-state index in [0.29, 0.717) is 38.5 Å². The second kappa shape index (κ2) is 25.4. The maximum absolute atomic E-state index is 16.6. The molecule has 3 nitrogen and oxygen atoms in total. The quantitative estimate of drug-likeness (QED) is 0.0365. The fraction of sp³-hybridized carbons (Fsp3) is 1.00. The number of unbranched alkanes of at least 4 members (excludes halogenated alkanes) is 14. The van der Waals surface area contributed by atoms with Gasteiger partial charge in [0.1, 0.15) is 0 Å². The first kappa shape index (κ1) is 68.5. The molecule has 0 aliphatic carbocycles. The Balaban J connectivity index is 9.29. The van der Waals surface area contributed by atoms with Gasteiger partial charge in [0.15, 0.2) is 0 Å². The summed E-state index contributed by atoms with van der Waals surface area (Å²) in [6.07, 6.45) is -48.6. The molecular formula is C36H50F28O3Sn2. The second-order valence-electron chi connectivity index (χ2n) is 16.3. The van der Waals surface area contributed by atoms with Crippen LogP contribution in [0.15, 0.2) is 0 Å². The molecule has 0 rings (SSSR count). The van der Waals surface area contributed by atoms with Gasteiger partial charge < -0.3 is 0 Å². The first-order chi connectivity index (χ1) is 30.7. The van der Waals surface area contributed by atoms with Crippen LogP contribution in [0.3, 0.4) is 0 Å². The topological polar surface area (TPSA) is 27.7 Å². The van der Waals surface area contributed by atoms with Crippen LogP contribution in [0.1, 0.15) is 142 Å². The monoisotopic (exact) mass is 1300 g/mol. The van der Waals surface area contributed by atoms with Crippen LogP contribution < -0.4 is 0 Å². The Morgan fingerprint density at radius 1 is 0.261 bits per heavy atom. The first-order valence-corrected chi connectivity index (χ1v) is 31.3. The molecule has 33 heteroatoms. The van der Waals surface area contributed by atoms with Gasteiger partial charge in [-0.25, -0.2) is 0 Å². The Hall–Kier alpha value is -0.483. The van der Waals surface area contributed by atoms with Crippen molar-refractivity contribution in [3.05, 3.63) is 0 Å². The van der Waals surface area contributed by atoms with E-state index in [-0.39, 0.29) is 38.5 Å². The molecular weight excluding hydrogens is 1250 g/mol. The van der Waals surface area contributed by atoms with E-state index < -0.39 is 167 Å². The summed E-state index contributed by atoms with van der Waals surface area (Å²) >= 11 is -24.5. The van der Waals surface area contributed by atoms with Crippen molar-refractivity contribution in [1.29, 1.82) is 0 Å². The molecule has 0 heterocycles. The van der Waals surface area contributed by atoms with Crippen LogP contribution in [-0.4, -0.2) is 116 Å². The normalized spacial score (nSPS) is 15.4. The molecule has 0 aliphatic rings. The van der Waals surface area contributed by atoms with Crippen molar-refractivity contribution in [3.63, 3.8) is 0 Å². The molecule has 0 saturated carbocycles. The zero-order valence-corrected chi connectivity index (χ0v) is 42.1. The Morgan fingerprint density at radius 3 is 0.609 bits per heavy atom. The summed E-state index contributed by atoms with van der Waals surface area (Å²) in [6.45, 7) is -1.87. The molecule has 0 aliphatic heterocycles. The predicted octanol–water partition coefficient (Wildman–Crippen LogP) is 17.3. The summed E-state index contributed by atoms with van der Waals surface area (Å²) < 4.78 is 394. The second-order valence-corrected chi connectivity index (χ2v) is 36.6. The molecule has 0 unspecified atom stereocenters. The van der Waals surface area contributed by atoms with E-state index in [1.54, 1.807) is 13.8 Å². The summed E-state index contributed by atoms with van der Waals surface area (Å²) in [5.74, 6) is -31.4. The minimum atomic E-state index is -12.2. The van der Waals surface area contributed by atoms with E-state index in [9.17, 15) is 52.7 Å². The Kier molecular flexibility index (Phi) is 25.2. The molecule has 0 radical (unpaired) electrons. The summed E-state index contributed by atoms with van der Waals surface area (Å²) in [7, 11) is 0. The van der Waals surface area contributed by atoms with Crippen molar-refractivity contribution in [2.24, 2.45) is 0 Å². The fourth-order valence-electron chi connectivity index (χ4n) is 6.59. The van der Waals surface area contributed by atoms with Crippen molar-refractivity contribution in [2.75, 3.05) is 13.2 Å². The van der Waals surface area contributed by atoms with Gasteiger partial charge in [-0.2, -0.15) is 0 Å². The third-order valence-electron chi connectivity index (χ3n) is 10.1. The standard InChI is InChI=1S/2C10H21O.4C4H2F7.O.2Sn/c2*1-2-3-4-5-6-7-8-9-10-11;4*5-2(6)3(7,8)1-4(9,10)11;;;/h2*2-10H2,1H3;4*1H2;;;/q2*-1;;;;;;2*+1. The molecule has 0 atom stereocenters. The van der Waals surface area contributed by atoms with E-state index in [2.05, 4.69) is 7.56 Å². The van der Waals surface area contributed by atoms with Crippen LogP contribution in [0.5, 0.6) is 0 Å². The molecule has 0 fully saturated rings. The molecule has 0 spiro atoms. The summed E-state index contributed by atoms with van der Waals surface area (Å²) in [5, 5.41) is 0. The van der Waals surface area contributed by atoms with Gasteiger partial charge in [0.2, 0.25) is 0 Å². The maximum atomic E-state index is 16.6. The summed E-state index contributed by atoms with van der Waals surface area (Å²) in [5.41, 5.74) is 0. The molecule has 0 aromatic heterocycles. The van der Waals surface area contributed by atoms with Gasteiger partial charge >= 0.3 is 389 Å². The number of alkyl halides is 28. The van der Waals surface area contributed by atoms with Crippen molar-refractivity contribution >= 4 is 38.4 Å². The van der Waals surface area contributed by atoms with Crippen LogP contribution in [0.4, 0.5) is 123 Å². The Morgan fingerprint density at radius 2 is 0.435 bits per heavy atom. The van der Waals surface area contributed by atoms with Gasteiger partial charge in [-0.1, -0.05) is 0 Å². The van der Waals surface area contributed by atoms with E-state index in [0.717, 1.165) is 0 Å². The molecule has 0 aromatic carbocycles. The van der Waals surface area contributed by atoms with Crippen LogP contribution >= 0.6 is 0 Å². The van der Waals surface area contributed by atoms with E-state index >= 15 is 70.2 Å². The third-order valence-corrected chi connectivity index (χ3v) is 39.8. The molecule has 0 N–H and O–H groups in total. The summed E-state index contributed by atoms with van der Waals surface area (Å²) in [6, 6.07) is 0. The van der Waals surface area contributed by atoms with Crippen LogP contribution in [0, 0.1) is 0 Å². The van der Waals surface area contributed by atoms with Crippen molar-refractivity contribution in [1.82, 2.24) is 0 Å².